The molecule has 0 radical (unpaired) electrons. The number of fused-ring (bicyclic) bond motifs is 1. The lowest BCUT2D eigenvalue weighted by Crippen LogP contribution is -2.22. The molecule has 4 aromatic rings. The highest BCUT2D eigenvalue weighted by atomic mass is 32.2. The Kier molecular flexibility index (Phi) is 5.44. The fourth-order valence-electron chi connectivity index (χ4n) is 2.91. The Hall–Kier alpha value is -3.00. The van der Waals surface area contributed by atoms with E-state index in [2.05, 4.69) is 29.0 Å². The van der Waals surface area contributed by atoms with Gasteiger partial charge in [0.25, 0.3) is 5.56 Å². The Bertz CT molecular complexity index is 1200. The molecule has 0 amide bonds. The van der Waals surface area contributed by atoms with Crippen molar-refractivity contribution in [2.24, 2.45) is 5.92 Å². The number of rotatable bonds is 6. The monoisotopic (exact) mass is 407 g/mol. The van der Waals surface area contributed by atoms with E-state index in [1.807, 2.05) is 37.3 Å². The van der Waals surface area contributed by atoms with E-state index in [9.17, 15) is 4.79 Å². The SMILES string of the molecule is Cc1ccc(-n2c(SCc3noc(CC(C)C)n3)nc3ccccc3c2=O)nc1. The number of nitrogens with zero attached hydrogens (tertiary/aromatic N) is 5. The Balaban J connectivity index is 1.72. The highest BCUT2D eigenvalue weighted by Gasteiger charge is 2.16. The molecule has 7 nitrogen and oxygen atoms in total. The third-order valence-electron chi connectivity index (χ3n) is 4.29. The van der Waals surface area contributed by atoms with Crippen molar-refractivity contribution in [3.8, 4) is 5.82 Å². The average Bonchev–Trinajstić information content (AvgIpc) is 3.14. The van der Waals surface area contributed by atoms with E-state index in [1.54, 1.807) is 16.8 Å². The summed E-state index contributed by atoms with van der Waals surface area (Å²) in [6.07, 6.45) is 2.48. The number of aryl methyl sites for hydroxylation is 1. The van der Waals surface area contributed by atoms with Gasteiger partial charge < -0.3 is 4.52 Å². The van der Waals surface area contributed by atoms with Gasteiger partial charge in [0, 0.05) is 12.6 Å². The van der Waals surface area contributed by atoms with Gasteiger partial charge in [-0.05, 0) is 36.6 Å². The van der Waals surface area contributed by atoms with Crippen LogP contribution in [0, 0.1) is 12.8 Å². The molecule has 0 unspecified atom stereocenters. The van der Waals surface area contributed by atoms with E-state index in [0.29, 0.717) is 45.3 Å². The maximum absolute atomic E-state index is 13.2. The topological polar surface area (TPSA) is 86.7 Å². The minimum Gasteiger partial charge on any atom is -0.339 e. The molecule has 0 saturated carbocycles. The number of aromatic nitrogens is 5. The molecule has 0 bridgehead atoms. The molecule has 29 heavy (non-hydrogen) atoms. The lowest BCUT2D eigenvalue weighted by Gasteiger charge is -2.12. The van der Waals surface area contributed by atoms with Crippen LogP contribution in [0.1, 0.15) is 31.1 Å². The predicted molar refractivity (Wildman–Crippen MR) is 112 cm³/mol. The summed E-state index contributed by atoms with van der Waals surface area (Å²) < 4.78 is 6.85. The molecule has 148 valence electrons. The second kappa shape index (κ2) is 8.16. The molecular formula is C21H21N5O2S. The van der Waals surface area contributed by atoms with E-state index in [-0.39, 0.29) is 5.56 Å². The van der Waals surface area contributed by atoms with Crippen molar-refractivity contribution in [1.82, 2.24) is 24.7 Å². The van der Waals surface area contributed by atoms with Crippen LogP contribution in [0.25, 0.3) is 16.7 Å². The quantitative estimate of drug-likeness (QED) is 0.353. The summed E-state index contributed by atoms with van der Waals surface area (Å²) in [6.45, 7) is 6.16. The maximum atomic E-state index is 13.2. The molecule has 4 rings (SSSR count). The van der Waals surface area contributed by atoms with Gasteiger partial charge in [0.2, 0.25) is 5.89 Å². The van der Waals surface area contributed by atoms with Gasteiger partial charge in [-0.25, -0.2) is 14.5 Å². The maximum Gasteiger partial charge on any atom is 0.267 e. The molecular weight excluding hydrogens is 386 g/mol. The molecule has 0 fully saturated rings. The van der Waals surface area contributed by atoms with Crippen molar-refractivity contribution >= 4 is 22.7 Å². The number of thioether (sulfide) groups is 1. The van der Waals surface area contributed by atoms with Crippen LogP contribution in [0.2, 0.25) is 0 Å². The molecule has 0 aliphatic carbocycles. The summed E-state index contributed by atoms with van der Waals surface area (Å²) in [5.74, 6) is 2.63. The van der Waals surface area contributed by atoms with Crippen LogP contribution in [-0.2, 0) is 12.2 Å². The molecule has 8 heteroatoms. The van der Waals surface area contributed by atoms with Crippen LogP contribution in [-0.4, -0.2) is 24.7 Å². The molecule has 0 aliphatic heterocycles. The predicted octanol–water partition coefficient (Wildman–Crippen LogP) is 3.96. The average molecular weight is 407 g/mol. The lowest BCUT2D eigenvalue weighted by molar-refractivity contribution is 0.360. The third kappa shape index (κ3) is 4.22. The van der Waals surface area contributed by atoms with Gasteiger partial charge in [-0.2, -0.15) is 4.98 Å². The first-order valence-electron chi connectivity index (χ1n) is 9.40. The van der Waals surface area contributed by atoms with Gasteiger partial charge in [0.1, 0.15) is 5.82 Å². The first-order chi connectivity index (χ1) is 14.0. The summed E-state index contributed by atoms with van der Waals surface area (Å²) in [7, 11) is 0. The van der Waals surface area contributed by atoms with E-state index in [4.69, 9.17) is 9.51 Å². The van der Waals surface area contributed by atoms with Crippen LogP contribution >= 0.6 is 11.8 Å². The van der Waals surface area contributed by atoms with Crippen LogP contribution in [0.5, 0.6) is 0 Å². The Morgan fingerprint density at radius 3 is 2.72 bits per heavy atom. The number of benzene rings is 1. The summed E-state index contributed by atoms with van der Waals surface area (Å²) in [5.41, 5.74) is 1.52. The number of pyridine rings is 1. The van der Waals surface area contributed by atoms with Gasteiger partial charge in [0.05, 0.1) is 16.7 Å². The van der Waals surface area contributed by atoms with E-state index >= 15 is 0 Å². The summed E-state index contributed by atoms with van der Waals surface area (Å²) in [5, 5.41) is 5.14. The van der Waals surface area contributed by atoms with E-state index in [0.717, 1.165) is 12.0 Å². The first-order valence-corrected chi connectivity index (χ1v) is 10.4. The van der Waals surface area contributed by atoms with E-state index in [1.165, 1.54) is 11.8 Å². The molecule has 3 aromatic heterocycles. The summed E-state index contributed by atoms with van der Waals surface area (Å²) in [6, 6.07) is 11.1. The molecule has 3 heterocycles. The van der Waals surface area contributed by atoms with Gasteiger partial charge in [0.15, 0.2) is 11.0 Å². The lowest BCUT2D eigenvalue weighted by atomic mass is 10.1. The van der Waals surface area contributed by atoms with Gasteiger partial charge in [-0.15, -0.1) is 0 Å². The number of hydrogen-bond acceptors (Lipinski definition) is 7. The van der Waals surface area contributed by atoms with Crippen molar-refractivity contribution in [3.05, 3.63) is 70.2 Å². The minimum atomic E-state index is -0.150. The molecule has 0 aliphatic rings. The normalized spacial score (nSPS) is 11.4. The van der Waals surface area contributed by atoms with Crippen molar-refractivity contribution in [1.29, 1.82) is 0 Å². The third-order valence-corrected chi connectivity index (χ3v) is 5.23. The van der Waals surface area contributed by atoms with Crippen molar-refractivity contribution in [3.63, 3.8) is 0 Å². The highest BCUT2D eigenvalue weighted by Crippen LogP contribution is 2.23. The summed E-state index contributed by atoms with van der Waals surface area (Å²) >= 11 is 1.39. The highest BCUT2D eigenvalue weighted by molar-refractivity contribution is 7.98. The standard InChI is InChI=1S/C21H21N5O2S/c1-13(2)10-19-24-17(25-28-19)12-29-21-23-16-7-5-4-6-15(16)20(27)26(21)18-9-8-14(3)11-22-18/h4-9,11,13H,10,12H2,1-3H3. The van der Waals surface area contributed by atoms with Gasteiger partial charge in [-0.3, -0.25) is 4.79 Å². The summed E-state index contributed by atoms with van der Waals surface area (Å²) in [4.78, 5) is 26.8. The second-order valence-corrected chi connectivity index (χ2v) is 8.18. The van der Waals surface area contributed by atoms with Crippen LogP contribution in [0.4, 0.5) is 0 Å². The zero-order chi connectivity index (χ0) is 20.4. The van der Waals surface area contributed by atoms with Crippen LogP contribution in [0.15, 0.2) is 57.1 Å². The molecule has 0 saturated heterocycles. The molecule has 1 aromatic carbocycles. The zero-order valence-electron chi connectivity index (χ0n) is 16.5. The Morgan fingerprint density at radius 1 is 1.14 bits per heavy atom. The van der Waals surface area contributed by atoms with Crippen molar-refractivity contribution in [2.45, 2.75) is 38.1 Å². The fraction of sp³-hybridized carbons (Fsp3) is 0.286. The molecule has 0 atom stereocenters. The smallest absolute Gasteiger partial charge is 0.267 e. The molecule has 0 N–H and O–H groups in total. The Labute approximate surface area is 172 Å². The van der Waals surface area contributed by atoms with Crippen molar-refractivity contribution < 1.29 is 4.52 Å². The second-order valence-electron chi connectivity index (χ2n) is 7.24. The largest absolute Gasteiger partial charge is 0.339 e. The van der Waals surface area contributed by atoms with Crippen LogP contribution < -0.4 is 5.56 Å². The molecule has 0 spiro atoms. The van der Waals surface area contributed by atoms with Gasteiger partial charge in [-0.1, -0.05) is 49.0 Å². The number of para-hydroxylation sites is 1. The zero-order valence-corrected chi connectivity index (χ0v) is 17.3. The number of hydrogen-bond donors (Lipinski definition) is 0. The van der Waals surface area contributed by atoms with Crippen molar-refractivity contribution in [2.75, 3.05) is 0 Å². The first kappa shape index (κ1) is 19.3. The van der Waals surface area contributed by atoms with Crippen LogP contribution in [0.3, 0.4) is 0 Å². The van der Waals surface area contributed by atoms with E-state index < -0.39 is 0 Å². The fourth-order valence-corrected chi connectivity index (χ4v) is 3.76. The minimum absolute atomic E-state index is 0.150. The Morgan fingerprint density at radius 2 is 1.97 bits per heavy atom. The van der Waals surface area contributed by atoms with Gasteiger partial charge >= 0.3 is 0 Å².